The number of nitrogens with zero attached hydrogens (tertiary/aromatic N) is 1. The number of alkyl halides is 3. The first-order valence-electron chi connectivity index (χ1n) is 6.86. The molecule has 25 heavy (non-hydrogen) atoms. The van der Waals surface area contributed by atoms with Crippen molar-refractivity contribution < 1.29 is 32.3 Å². The zero-order chi connectivity index (χ0) is 18.4. The van der Waals surface area contributed by atoms with Gasteiger partial charge in [0.15, 0.2) is 0 Å². The maximum Gasteiger partial charge on any atom is 0.573 e. The van der Waals surface area contributed by atoms with Gasteiger partial charge in [-0.3, -0.25) is 14.4 Å². The molecule has 0 unspecified atom stereocenters. The van der Waals surface area contributed by atoms with Crippen LogP contribution in [-0.4, -0.2) is 24.1 Å². The number of anilines is 1. The monoisotopic (exact) mass is 350 g/mol. The van der Waals surface area contributed by atoms with E-state index in [0.29, 0.717) is 4.90 Å². The van der Waals surface area contributed by atoms with E-state index in [2.05, 4.69) is 4.74 Å². The lowest BCUT2D eigenvalue weighted by atomic mass is 10.1. The molecule has 0 aliphatic carbocycles. The molecule has 1 aliphatic heterocycles. The minimum absolute atomic E-state index is 0.0741. The predicted octanol–water partition coefficient (Wildman–Crippen LogP) is 2.48. The van der Waals surface area contributed by atoms with E-state index in [0.717, 1.165) is 18.2 Å². The van der Waals surface area contributed by atoms with Crippen molar-refractivity contribution >= 4 is 23.4 Å². The minimum Gasteiger partial charge on any atom is -0.406 e. The lowest BCUT2D eigenvalue weighted by Crippen LogP contribution is -2.32. The lowest BCUT2D eigenvalue weighted by molar-refractivity contribution is -0.274. The maximum absolute atomic E-state index is 12.5. The third-order valence-corrected chi connectivity index (χ3v) is 3.50. The highest BCUT2D eigenvalue weighted by atomic mass is 19.4. The molecule has 0 spiro atoms. The van der Waals surface area contributed by atoms with Crippen molar-refractivity contribution in [1.29, 1.82) is 0 Å². The molecule has 3 rings (SSSR count). The van der Waals surface area contributed by atoms with Crippen molar-refractivity contribution in [3.63, 3.8) is 0 Å². The van der Waals surface area contributed by atoms with Gasteiger partial charge in [0.25, 0.3) is 17.7 Å². The molecule has 0 saturated heterocycles. The van der Waals surface area contributed by atoms with Gasteiger partial charge < -0.3 is 10.5 Å². The summed E-state index contributed by atoms with van der Waals surface area (Å²) in [4.78, 5) is 37.1. The van der Waals surface area contributed by atoms with Gasteiger partial charge in [-0.15, -0.1) is 13.2 Å². The summed E-state index contributed by atoms with van der Waals surface area (Å²) in [7, 11) is 0. The van der Waals surface area contributed by atoms with Crippen LogP contribution in [0.25, 0.3) is 0 Å². The van der Waals surface area contributed by atoms with Crippen LogP contribution in [0.3, 0.4) is 0 Å². The number of imide groups is 1. The molecule has 3 amide bonds. The Labute approximate surface area is 138 Å². The Balaban J connectivity index is 2.13. The van der Waals surface area contributed by atoms with Crippen LogP contribution in [0.4, 0.5) is 18.9 Å². The molecule has 9 heteroatoms. The molecule has 1 heterocycles. The number of ether oxygens (including phenoxy) is 1. The van der Waals surface area contributed by atoms with Crippen molar-refractivity contribution in [1.82, 2.24) is 0 Å². The van der Waals surface area contributed by atoms with Crippen LogP contribution in [0.5, 0.6) is 5.75 Å². The normalized spacial score (nSPS) is 13.8. The fraction of sp³-hybridized carbons (Fsp3) is 0.0625. The SMILES string of the molecule is NC(=O)c1ccc(OC(F)(F)F)cc1N1C(=O)c2ccccc2C1=O. The number of halogens is 3. The smallest absolute Gasteiger partial charge is 0.406 e. The van der Waals surface area contributed by atoms with Crippen molar-refractivity contribution in [2.45, 2.75) is 6.36 Å². The Bertz CT molecular complexity index is 873. The average molecular weight is 350 g/mol. The fourth-order valence-corrected chi connectivity index (χ4v) is 2.51. The van der Waals surface area contributed by atoms with E-state index in [9.17, 15) is 27.6 Å². The van der Waals surface area contributed by atoms with Gasteiger partial charge in [0.2, 0.25) is 0 Å². The molecule has 0 aromatic heterocycles. The van der Waals surface area contributed by atoms with Crippen LogP contribution < -0.4 is 15.4 Å². The third kappa shape index (κ3) is 2.91. The molecule has 2 aromatic carbocycles. The zero-order valence-corrected chi connectivity index (χ0v) is 12.3. The lowest BCUT2D eigenvalue weighted by Gasteiger charge is -2.18. The summed E-state index contributed by atoms with van der Waals surface area (Å²) < 4.78 is 41.0. The molecular weight excluding hydrogens is 341 g/mol. The van der Waals surface area contributed by atoms with Crippen LogP contribution in [0, 0.1) is 0 Å². The van der Waals surface area contributed by atoms with E-state index in [4.69, 9.17) is 5.73 Å². The molecule has 0 radical (unpaired) electrons. The number of benzene rings is 2. The number of hydrogen-bond acceptors (Lipinski definition) is 4. The predicted molar refractivity (Wildman–Crippen MR) is 79.2 cm³/mol. The van der Waals surface area contributed by atoms with Gasteiger partial charge in [-0.25, -0.2) is 4.90 Å². The Hall–Kier alpha value is -3.36. The number of primary amides is 1. The largest absolute Gasteiger partial charge is 0.573 e. The van der Waals surface area contributed by atoms with Gasteiger partial charge in [0, 0.05) is 6.07 Å². The van der Waals surface area contributed by atoms with Gasteiger partial charge >= 0.3 is 6.36 Å². The van der Waals surface area contributed by atoms with Crippen LogP contribution in [0.15, 0.2) is 42.5 Å². The Morgan fingerprint density at radius 2 is 1.56 bits per heavy atom. The second kappa shape index (κ2) is 5.62. The number of hydrogen-bond donors (Lipinski definition) is 1. The molecular formula is C16H9F3N2O4. The molecule has 6 nitrogen and oxygen atoms in total. The fourth-order valence-electron chi connectivity index (χ4n) is 2.51. The number of carbonyl (C=O) groups is 3. The van der Waals surface area contributed by atoms with Crippen LogP contribution in [0.1, 0.15) is 31.1 Å². The summed E-state index contributed by atoms with van der Waals surface area (Å²) in [6, 6.07) is 8.47. The molecule has 2 N–H and O–H groups in total. The van der Waals surface area contributed by atoms with E-state index in [1.54, 1.807) is 0 Å². The average Bonchev–Trinajstić information content (AvgIpc) is 2.77. The molecule has 0 bridgehead atoms. The first-order valence-corrected chi connectivity index (χ1v) is 6.86. The molecule has 0 atom stereocenters. The second-order valence-corrected chi connectivity index (χ2v) is 5.08. The van der Waals surface area contributed by atoms with Gasteiger partial charge in [0.05, 0.1) is 22.4 Å². The first kappa shape index (κ1) is 16.5. The van der Waals surface area contributed by atoms with E-state index < -0.39 is 29.8 Å². The number of rotatable bonds is 3. The van der Waals surface area contributed by atoms with Crippen molar-refractivity contribution in [2.24, 2.45) is 5.73 Å². The Morgan fingerprint density at radius 3 is 2.04 bits per heavy atom. The molecule has 128 valence electrons. The second-order valence-electron chi connectivity index (χ2n) is 5.08. The van der Waals surface area contributed by atoms with Crippen molar-refractivity contribution in [2.75, 3.05) is 4.90 Å². The number of nitrogens with two attached hydrogens (primary N) is 1. The van der Waals surface area contributed by atoms with Crippen LogP contribution in [-0.2, 0) is 0 Å². The van der Waals surface area contributed by atoms with E-state index in [1.807, 2.05) is 0 Å². The van der Waals surface area contributed by atoms with Crippen LogP contribution >= 0.6 is 0 Å². The molecule has 2 aromatic rings. The topological polar surface area (TPSA) is 89.7 Å². The van der Waals surface area contributed by atoms with Gasteiger partial charge in [0.1, 0.15) is 5.75 Å². The third-order valence-electron chi connectivity index (χ3n) is 3.50. The quantitative estimate of drug-likeness (QED) is 0.861. The highest BCUT2D eigenvalue weighted by Gasteiger charge is 2.39. The molecule has 0 saturated carbocycles. The Kier molecular flexibility index (Phi) is 3.71. The van der Waals surface area contributed by atoms with Crippen molar-refractivity contribution in [3.05, 3.63) is 59.2 Å². The summed E-state index contributed by atoms with van der Waals surface area (Å²) in [5.74, 6) is -3.24. The standard InChI is InChI=1S/C16H9F3N2O4/c17-16(18,19)25-8-5-6-11(13(20)22)12(7-8)21-14(23)9-3-1-2-4-10(9)15(21)24/h1-7H,(H2,20,22). The summed E-state index contributed by atoms with van der Waals surface area (Å²) in [6.45, 7) is 0. The van der Waals surface area contributed by atoms with E-state index in [-0.39, 0.29) is 22.4 Å². The zero-order valence-electron chi connectivity index (χ0n) is 12.3. The molecule has 0 fully saturated rings. The van der Waals surface area contributed by atoms with Gasteiger partial charge in [-0.2, -0.15) is 0 Å². The number of amides is 3. The van der Waals surface area contributed by atoms with Gasteiger partial charge in [-0.1, -0.05) is 12.1 Å². The highest BCUT2D eigenvalue weighted by Crippen LogP contribution is 2.34. The molecule has 1 aliphatic rings. The Morgan fingerprint density at radius 1 is 1.00 bits per heavy atom. The number of fused-ring (bicyclic) bond motifs is 1. The highest BCUT2D eigenvalue weighted by molar-refractivity contribution is 6.35. The van der Waals surface area contributed by atoms with E-state index >= 15 is 0 Å². The number of carbonyl (C=O) groups excluding carboxylic acids is 3. The summed E-state index contributed by atoms with van der Waals surface area (Å²) in [5, 5.41) is 0. The van der Waals surface area contributed by atoms with Gasteiger partial charge in [-0.05, 0) is 24.3 Å². The van der Waals surface area contributed by atoms with Crippen molar-refractivity contribution in [3.8, 4) is 5.75 Å². The summed E-state index contributed by atoms with van der Waals surface area (Å²) >= 11 is 0. The minimum atomic E-state index is -4.98. The summed E-state index contributed by atoms with van der Waals surface area (Å²) in [5.41, 5.74) is 4.69. The first-order chi connectivity index (χ1) is 11.7. The maximum atomic E-state index is 12.5. The summed E-state index contributed by atoms with van der Waals surface area (Å²) in [6.07, 6.45) is -4.98. The van der Waals surface area contributed by atoms with E-state index in [1.165, 1.54) is 24.3 Å². The van der Waals surface area contributed by atoms with Crippen LogP contribution in [0.2, 0.25) is 0 Å².